The van der Waals surface area contributed by atoms with Gasteiger partial charge in [0.15, 0.2) is 11.0 Å². The number of halogens is 3. The number of rotatable bonds is 7. The molecule has 13 heteroatoms. The lowest BCUT2D eigenvalue weighted by Crippen LogP contribution is -2.24. The number of hydrogen-bond donors (Lipinski definition) is 1. The number of alkyl halides is 3. The van der Waals surface area contributed by atoms with Crippen LogP contribution in [0.3, 0.4) is 0 Å². The zero-order valence-corrected chi connectivity index (χ0v) is 16.7. The number of pyridine rings is 1. The Hall–Kier alpha value is -3.48. The molecule has 1 atom stereocenters. The maximum absolute atomic E-state index is 13.1. The van der Waals surface area contributed by atoms with Crippen molar-refractivity contribution in [1.29, 1.82) is 0 Å². The average Bonchev–Trinajstić information content (AvgIpc) is 3.09. The van der Waals surface area contributed by atoms with Crippen LogP contribution in [0.5, 0.6) is 0 Å². The molecule has 31 heavy (non-hydrogen) atoms. The van der Waals surface area contributed by atoms with E-state index >= 15 is 0 Å². The summed E-state index contributed by atoms with van der Waals surface area (Å²) in [6, 6.07) is 8.34. The summed E-state index contributed by atoms with van der Waals surface area (Å²) in [5.74, 6) is -0.564. The number of aromatic nitrogens is 4. The Balaban J connectivity index is 1.81. The third-order valence-corrected chi connectivity index (χ3v) is 5.05. The van der Waals surface area contributed by atoms with Gasteiger partial charge < -0.3 is 5.32 Å². The molecule has 0 fully saturated rings. The number of nitro groups is 1. The lowest BCUT2D eigenvalue weighted by atomic mass is 10.2. The number of carbonyl (C=O) groups is 1. The first-order valence-electron chi connectivity index (χ1n) is 8.76. The molecule has 0 aliphatic heterocycles. The summed E-state index contributed by atoms with van der Waals surface area (Å²) >= 11 is 0.792. The lowest BCUT2D eigenvalue weighted by Gasteiger charge is -2.15. The molecule has 1 unspecified atom stereocenters. The minimum absolute atomic E-state index is 0.00600. The molecule has 0 bridgehead atoms. The van der Waals surface area contributed by atoms with E-state index in [2.05, 4.69) is 20.5 Å². The summed E-state index contributed by atoms with van der Waals surface area (Å²) in [5.41, 5.74) is 0.387. The fourth-order valence-electron chi connectivity index (χ4n) is 2.56. The lowest BCUT2D eigenvalue weighted by molar-refractivity contribution is -0.384. The zero-order valence-electron chi connectivity index (χ0n) is 15.9. The van der Waals surface area contributed by atoms with Crippen LogP contribution in [-0.4, -0.2) is 42.0 Å². The molecule has 1 amide bonds. The molecule has 0 radical (unpaired) electrons. The Morgan fingerprint density at radius 2 is 1.97 bits per heavy atom. The Labute approximate surface area is 177 Å². The fourth-order valence-corrected chi connectivity index (χ4v) is 3.41. The largest absolute Gasteiger partial charge is 0.406 e. The van der Waals surface area contributed by atoms with Gasteiger partial charge in [-0.15, -0.1) is 10.2 Å². The number of nitro benzene ring substituents is 1. The van der Waals surface area contributed by atoms with Gasteiger partial charge >= 0.3 is 6.18 Å². The third kappa shape index (κ3) is 5.78. The van der Waals surface area contributed by atoms with Crippen molar-refractivity contribution in [1.82, 2.24) is 19.7 Å². The second kappa shape index (κ2) is 9.12. The number of thioether (sulfide) groups is 1. The molecule has 1 N–H and O–H groups in total. The molecular weight excluding hydrogens is 437 g/mol. The summed E-state index contributed by atoms with van der Waals surface area (Å²) in [6.45, 7) is 0.148. The molecule has 162 valence electrons. The molecular formula is C18H15F3N6O3S. The predicted octanol–water partition coefficient (Wildman–Crippen LogP) is 3.93. The monoisotopic (exact) mass is 452 g/mol. The van der Waals surface area contributed by atoms with Gasteiger partial charge in [0.25, 0.3) is 5.69 Å². The van der Waals surface area contributed by atoms with Gasteiger partial charge in [-0.25, -0.2) is 0 Å². The van der Waals surface area contributed by atoms with E-state index in [1.54, 1.807) is 0 Å². The first-order valence-corrected chi connectivity index (χ1v) is 9.64. The van der Waals surface area contributed by atoms with Crippen LogP contribution < -0.4 is 5.32 Å². The summed E-state index contributed by atoms with van der Waals surface area (Å²) in [4.78, 5) is 26.6. The van der Waals surface area contributed by atoms with Crippen LogP contribution in [0.2, 0.25) is 0 Å². The van der Waals surface area contributed by atoms with Crippen molar-refractivity contribution >= 4 is 29.0 Å². The van der Waals surface area contributed by atoms with Crippen LogP contribution in [-0.2, 0) is 11.3 Å². The topological polar surface area (TPSA) is 116 Å². The number of anilines is 1. The summed E-state index contributed by atoms with van der Waals surface area (Å²) in [6.07, 6.45) is -1.69. The standard InChI is InChI=1S/C18H15F3N6O3S/c1-11(16(28)23-13-3-2-4-14(9-13)27(29)30)31-17-25-24-15(12-5-7-22-8-6-12)26(17)10-18(19,20)21/h2-9,11H,10H2,1H3,(H,23,28). The molecule has 0 spiro atoms. The van der Waals surface area contributed by atoms with E-state index in [1.807, 2.05) is 0 Å². The number of nitrogens with zero attached hydrogens (tertiary/aromatic N) is 5. The summed E-state index contributed by atoms with van der Waals surface area (Å²) in [7, 11) is 0. The van der Waals surface area contributed by atoms with Gasteiger partial charge in [-0.1, -0.05) is 17.8 Å². The smallest absolute Gasteiger partial charge is 0.325 e. The first-order chi connectivity index (χ1) is 14.6. The first kappa shape index (κ1) is 22.2. The Morgan fingerprint density at radius 3 is 2.61 bits per heavy atom. The SMILES string of the molecule is CC(Sc1nnc(-c2ccncc2)n1CC(F)(F)F)C(=O)Nc1cccc([N+](=O)[O-])c1. The average molecular weight is 452 g/mol. The van der Waals surface area contributed by atoms with Crippen molar-refractivity contribution in [2.24, 2.45) is 0 Å². The van der Waals surface area contributed by atoms with Gasteiger partial charge in [-0.05, 0) is 25.1 Å². The van der Waals surface area contributed by atoms with Crippen LogP contribution in [0, 0.1) is 10.1 Å². The van der Waals surface area contributed by atoms with Crippen molar-refractivity contribution in [2.75, 3.05) is 5.32 Å². The Bertz CT molecular complexity index is 1090. The quantitative estimate of drug-likeness (QED) is 0.328. The van der Waals surface area contributed by atoms with E-state index in [1.165, 1.54) is 55.7 Å². The summed E-state index contributed by atoms with van der Waals surface area (Å²) < 4.78 is 40.3. The highest BCUT2D eigenvalue weighted by atomic mass is 32.2. The molecule has 9 nitrogen and oxygen atoms in total. The Kier molecular flexibility index (Phi) is 6.53. The molecule has 1 aromatic carbocycles. The summed E-state index contributed by atoms with van der Waals surface area (Å²) in [5, 5.41) is 20.1. The zero-order chi connectivity index (χ0) is 22.6. The number of nitrogens with one attached hydrogen (secondary N) is 1. The number of non-ortho nitro benzene ring substituents is 1. The number of carbonyl (C=O) groups excluding carboxylic acids is 1. The van der Waals surface area contributed by atoms with Crippen LogP contribution in [0.4, 0.5) is 24.5 Å². The van der Waals surface area contributed by atoms with Gasteiger partial charge in [0.2, 0.25) is 5.91 Å². The Morgan fingerprint density at radius 1 is 1.26 bits per heavy atom. The van der Waals surface area contributed by atoms with Crippen LogP contribution in [0.15, 0.2) is 53.9 Å². The van der Waals surface area contributed by atoms with E-state index in [9.17, 15) is 28.1 Å². The molecule has 2 heterocycles. The van der Waals surface area contributed by atoms with E-state index in [0.717, 1.165) is 16.3 Å². The van der Waals surface area contributed by atoms with Gasteiger partial charge in [-0.2, -0.15) is 13.2 Å². The van der Waals surface area contributed by atoms with Gasteiger partial charge in [0, 0.05) is 35.8 Å². The molecule has 0 saturated heterocycles. The van der Waals surface area contributed by atoms with Crippen molar-refractivity contribution in [3.63, 3.8) is 0 Å². The van der Waals surface area contributed by atoms with Gasteiger partial charge in [-0.3, -0.25) is 24.5 Å². The van der Waals surface area contributed by atoms with E-state index in [4.69, 9.17) is 0 Å². The highest BCUT2D eigenvalue weighted by Crippen LogP contribution is 2.30. The van der Waals surface area contributed by atoms with Crippen LogP contribution >= 0.6 is 11.8 Å². The van der Waals surface area contributed by atoms with E-state index < -0.39 is 28.8 Å². The second-order valence-corrected chi connectivity index (χ2v) is 7.61. The van der Waals surface area contributed by atoms with Crippen LogP contribution in [0.1, 0.15) is 6.92 Å². The highest BCUT2D eigenvalue weighted by Gasteiger charge is 2.32. The van der Waals surface area contributed by atoms with E-state index in [0.29, 0.717) is 5.56 Å². The minimum atomic E-state index is -4.53. The predicted molar refractivity (Wildman–Crippen MR) is 106 cm³/mol. The minimum Gasteiger partial charge on any atom is -0.325 e. The fraction of sp³-hybridized carbons (Fsp3) is 0.222. The molecule has 0 saturated carbocycles. The number of hydrogen-bond acceptors (Lipinski definition) is 7. The third-order valence-electron chi connectivity index (χ3n) is 3.97. The maximum atomic E-state index is 13.1. The highest BCUT2D eigenvalue weighted by molar-refractivity contribution is 8.00. The molecule has 0 aliphatic rings. The van der Waals surface area contributed by atoms with Crippen LogP contribution in [0.25, 0.3) is 11.4 Å². The molecule has 2 aromatic heterocycles. The molecule has 3 rings (SSSR count). The van der Waals surface area contributed by atoms with Crippen molar-refractivity contribution in [3.05, 3.63) is 58.9 Å². The van der Waals surface area contributed by atoms with Gasteiger partial charge in [0.1, 0.15) is 6.54 Å². The normalized spacial score (nSPS) is 12.4. The van der Waals surface area contributed by atoms with Crippen molar-refractivity contribution < 1.29 is 22.9 Å². The van der Waals surface area contributed by atoms with Gasteiger partial charge in [0.05, 0.1) is 10.2 Å². The molecule has 3 aromatic rings. The number of benzene rings is 1. The van der Waals surface area contributed by atoms with Crippen molar-refractivity contribution in [3.8, 4) is 11.4 Å². The molecule has 0 aliphatic carbocycles. The van der Waals surface area contributed by atoms with Crippen molar-refractivity contribution in [2.45, 2.75) is 30.1 Å². The number of amides is 1. The van der Waals surface area contributed by atoms with E-state index in [-0.39, 0.29) is 22.4 Å². The second-order valence-electron chi connectivity index (χ2n) is 6.30. The maximum Gasteiger partial charge on any atom is 0.406 e.